The van der Waals surface area contributed by atoms with Crippen molar-refractivity contribution in [2.75, 3.05) is 5.32 Å². The van der Waals surface area contributed by atoms with Gasteiger partial charge in [-0.05, 0) is 49.7 Å². The molecule has 3 atom stereocenters. The zero-order valence-corrected chi connectivity index (χ0v) is 11.4. The number of allylic oxidation sites excluding steroid dienone is 2. The molecule has 19 heavy (non-hydrogen) atoms. The van der Waals surface area contributed by atoms with Crippen molar-refractivity contribution >= 4 is 11.6 Å². The largest absolute Gasteiger partial charge is 0.326 e. The van der Waals surface area contributed by atoms with Crippen molar-refractivity contribution in [3.05, 3.63) is 42.0 Å². The second-order valence-electron chi connectivity index (χ2n) is 5.78. The summed E-state index contributed by atoms with van der Waals surface area (Å²) in [6.45, 7) is 2.03. The summed E-state index contributed by atoms with van der Waals surface area (Å²) < 4.78 is 0. The van der Waals surface area contributed by atoms with Crippen molar-refractivity contribution in [3.63, 3.8) is 0 Å². The Morgan fingerprint density at radius 3 is 2.95 bits per heavy atom. The van der Waals surface area contributed by atoms with Gasteiger partial charge in [-0.15, -0.1) is 0 Å². The number of rotatable bonds is 2. The van der Waals surface area contributed by atoms with Crippen LogP contribution in [-0.4, -0.2) is 5.91 Å². The van der Waals surface area contributed by atoms with E-state index in [1.165, 1.54) is 25.7 Å². The zero-order valence-electron chi connectivity index (χ0n) is 11.4. The van der Waals surface area contributed by atoms with Gasteiger partial charge in [-0.2, -0.15) is 0 Å². The molecule has 0 aliphatic heterocycles. The van der Waals surface area contributed by atoms with E-state index in [-0.39, 0.29) is 11.8 Å². The quantitative estimate of drug-likeness (QED) is 0.797. The smallest absolute Gasteiger partial charge is 0.228 e. The minimum atomic E-state index is 0.203. The Labute approximate surface area is 114 Å². The van der Waals surface area contributed by atoms with E-state index in [4.69, 9.17) is 0 Å². The number of carbonyl (C=O) groups excluding carboxylic acids is 1. The number of para-hydroxylation sites is 1. The molecule has 0 bridgehead atoms. The predicted octanol–water partition coefficient (Wildman–Crippen LogP) is 3.93. The fourth-order valence-corrected chi connectivity index (χ4v) is 3.23. The van der Waals surface area contributed by atoms with Crippen molar-refractivity contribution in [2.24, 2.45) is 17.8 Å². The number of aryl methyl sites for hydroxylation is 1. The standard InChI is InChI=1S/C17H21NO/c1-12-8-6-7-11-15(12)18-17(19)16-13-9-4-2-3-5-10-14(13)16/h4,6-9,11,13-14,16H,2-3,5,10H2,1H3,(H,18,19)/b9-4-/t13-,14-,16-/m0/s1. The molecule has 1 N–H and O–H groups in total. The van der Waals surface area contributed by atoms with Crippen molar-refractivity contribution in [1.29, 1.82) is 0 Å². The molecule has 2 aliphatic carbocycles. The fourth-order valence-electron chi connectivity index (χ4n) is 3.23. The third-order valence-corrected chi connectivity index (χ3v) is 4.45. The SMILES string of the molecule is Cc1ccccc1NC(=O)[C@H]1[C@H]2/C=C\CCCC[C@@H]21. The first-order valence-corrected chi connectivity index (χ1v) is 7.30. The molecule has 1 aromatic carbocycles. The number of hydrogen-bond acceptors (Lipinski definition) is 1. The highest BCUT2D eigenvalue weighted by Crippen LogP contribution is 2.51. The van der Waals surface area contributed by atoms with E-state index in [1.807, 2.05) is 31.2 Å². The molecule has 1 amide bonds. The summed E-state index contributed by atoms with van der Waals surface area (Å²) in [4.78, 5) is 12.4. The molecule has 100 valence electrons. The molecule has 1 saturated carbocycles. The topological polar surface area (TPSA) is 29.1 Å². The Kier molecular flexibility index (Phi) is 3.41. The maximum Gasteiger partial charge on any atom is 0.228 e. The normalized spacial score (nSPS) is 30.7. The Morgan fingerprint density at radius 1 is 1.26 bits per heavy atom. The Hall–Kier alpha value is -1.57. The van der Waals surface area contributed by atoms with Crippen molar-refractivity contribution < 1.29 is 4.79 Å². The van der Waals surface area contributed by atoms with Gasteiger partial charge in [0.05, 0.1) is 0 Å². The molecule has 1 aromatic rings. The van der Waals surface area contributed by atoms with Crippen LogP contribution in [0.15, 0.2) is 36.4 Å². The molecule has 0 aromatic heterocycles. The lowest BCUT2D eigenvalue weighted by molar-refractivity contribution is -0.117. The van der Waals surface area contributed by atoms with Gasteiger partial charge < -0.3 is 5.32 Å². The van der Waals surface area contributed by atoms with Gasteiger partial charge in [0.2, 0.25) is 5.91 Å². The van der Waals surface area contributed by atoms with Gasteiger partial charge in [0.25, 0.3) is 0 Å². The number of amides is 1. The van der Waals surface area contributed by atoms with Crippen LogP contribution in [0.1, 0.15) is 31.2 Å². The fraction of sp³-hybridized carbons (Fsp3) is 0.471. The lowest BCUT2D eigenvalue weighted by Crippen LogP contribution is -2.16. The molecule has 0 heterocycles. The van der Waals surface area contributed by atoms with Crippen LogP contribution in [0.25, 0.3) is 0 Å². The average molecular weight is 255 g/mol. The van der Waals surface area contributed by atoms with Gasteiger partial charge in [-0.3, -0.25) is 4.79 Å². The molecule has 0 radical (unpaired) electrons. The minimum Gasteiger partial charge on any atom is -0.326 e. The van der Waals surface area contributed by atoms with Crippen molar-refractivity contribution in [1.82, 2.24) is 0 Å². The van der Waals surface area contributed by atoms with E-state index in [1.54, 1.807) is 0 Å². The van der Waals surface area contributed by atoms with E-state index < -0.39 is 0 Å². The minimum absolute atomic E-state index is 0.203. The van der Waals surface area contributed by atoms with Gasteiger partial charge in [-0.1, -0.05) is 36.8 Å². The third-order valence-electron chi connectivity index (χ3n) is 4.45. The Bertz CT molecular complexity index is 506. The van der Waals surface area contributed by atoms with Crippen LogP contribution < -0.4 is 5.32 Å². The second-order valence-corrected chi connectivity index (χ2v) is 5.78. The summed E-state index contributed by atoms with van der Waals surface area (Å²) in [7, 11) is 0. The molecule has 2 heteroatoms. The van der Waals surface area contributed by atoms with Gasteiger partial charge >= 0.3 is 0 Å². The number of benzene rings is 1. The Morgan fingerprint density at radius 2 is 2.11 bits per heavy atom. The van der Waals surface area contributed by atoms with E-state index >= 15 is 0 Å². The molecule has 0 spiro atoms. The van der Waals surface area contributed by atoms with Gasteiger partial charge in [0.1, 0.15) is 0 Å². The Balaban J connectivity index is 1.67. The van der Waals surface area contributed by atoms with E-state index in [2.05, 4.69) is 17.5 Å². The van der Waals surface area contributed by atoms with Crippen molar-refractivity contribution in [3.8, 4) is 0 Å². The van der Waals surface area contributed by atoms with Crippen LogP contribution in [0.4, 0.5) is 5.69 Å². The molecule has 2 aliphatic rings. The average Bonchev–Trinajstić information content (AvgIpc) is 3.03. The lowest BCUT2D eigenvalue weighted by atomic mass is 10.1. The maximum absolute atomic E-state index is 12.4. The van der Waals surface area contributed by atoms with Crippen LogP contribution in [0.5, 0.6) is 0 Å². The lowest BCUT2D eigenvalue weighted by Gasteiger charge is -2.07. The van der Waals surface area contributed by atoms with Crippen LogP contribution in [0, 0.1) is 24.7 Å². The number of anilines is 1. The van der Waals surface area contributed by atoms with E-state index in [0.29, 0.717) is 11.8 Å². The number of carbonyl (C=O) groups is 1. The molecule has 1 fully saturated rings. The monoisotopic (exact) mass is 255 g/mol. The summed E-state index contributed by atoms with van der Waals surface area (Å²) in [6, 6.07) is 7.98. The highest BCUT2D eigenvalue weighted by atomic mass is 16.2. The van der Waals surface area contributed by atoms with Crippen molar-refractivity contribution in [2.45, 2.75) is 32.6 Å². The summed E-state index contributed by atoms with van der Waals surface area (Å²) in [6.07, 6.45) is 9.45. The number of fused-ring (bicyclic) bond motifs is 1. The van der Waals surface area contributed by atoms with Crippen LogP contribution >= 0.6 is 0 Å². The highest BCUT2D eigenvalue weighted by molar-refractivity contribution is 5.95. The van der Waals surface area contributed by atoms with Gasteiger partial charge in [0, 0.05) is 11.6 Å². The number of nitrogens with one attached hydrogen (secondary N) is 1. The highest BCUT2D eigenvalue weighted by Gasteiger charge is 2.52. The zero-order chi connectivity index (χ0) is 13.2. The predicted molar refractivity (Wildman–Crippen MR) is 77.9 cm³/mol. The number of hydrogen-bond donors (Lipinski definition) is 1. The second kappa shape index (κ2) is 5.20. The molecule has 0 saturated heterocycles. The molecular weight excluding hydrogens is 234 g/mol. The first kappa shape index (κ1) is 12.5. The summed E-state index contributed by atoms with van der Waals surface area (Å²) in [5.74, 6) is 1.48. The molecular formula is C17H21NO. The van der Waals surface area contributed by atoms with E-state index in [0.717, 1.165) is 11.3 Å². The van der Waals surface area contributed by atoms with Crippen LogP contribution in [0.3, 0.4) is 0 Å². The summed E-state index contributed by atoms with van der Waals surface area (Å²) in [5, 5.41) is 3.10. The van der Waals surface area contributed by atoms with E-state index in [9.17, 15) is 4.79 Å². The maximum atomic E-state index is 12.4. The molecule has 2 nitrogen and oxygen atoms in total. The summed E-state index contributed by atoms with van der Waals surface area (Å²) >= 11 is 0. The first-order chi connectivity index (χ1) is 9.27. The van der Waals surface area contributed by atoms with Crippen LogP contribution in [-0.2, 0) is 4.79 Å². The molecule has 3 rings (SSSR count). The molecule has 0 unspecified atom stereocenters. The third kappa shape index (κ3) is 2.58. The van der Waals surface area contributed by atoms with Crippen LogP contribution in [0.2, 0.25) is 0 Å². The first-order valence-electron chi connectivity index (χ1n) is 7.30. The summed E-state index contributed by atoms with van der Waals surface area (Å²) in [5.41, 5.74) is 2.08. The van der Waals surface area contributed by atoms with Gasteiger partial charge in [0.15, 0.2) is 0 Å². The van der Waals surface area contributed by atoms with Gasteiger partial charge in [-0.25, -0.2) is 0 Å².